The van der Waals surface area contributed by atoms with Crippen molar-refractivity contribution < 1.29 is 14.6 Å². The molecular formula is C31H36N2O3. The quantitative estimate of drug-likeness (QED) is 0.430. The average molecular weight is 485 g/mol. The van der Waals surface area contributed by atoms with Crippen molar-refractivity contribution in [2.45, 2.75) is 38.1 Å². The smallest absolute Gasteiger partial charge is 0.223 e. The highest BCUT2D eigenvalue weighted by Crippen LogP contribution is 2.59. The molecule has 1 aliphatic carbocycles. The van der Waals surface area contributed by atoms with E-state index in [1.54, 1.807) is 13.2 Å². The summed E-state index contributed by atoms with van der Waals surface area (Å²) in [7, 11) is 1.57. The Hall–Kier alpha value is -3.31. The molecule has 2 fully saturated rings. The molecule has 5 rings (SSSR count). The maximum atomic E-state index is 13.0. The Bertz CT molecular complexity index is 1120. The molecular weight excluding hydrogens is 448 g/mol. The highest BCUT2D eigenvalue weighted by molar-refractivity contribution is 5.82. The van der Waals surface area contributed by atoms with Gasteiger partial charge in [0.05, 0.1) is 7.11 Å². The van der Waals surface area contributed by atoms with Crippen molar-refractivity contribution in [3.63, 3.8) is 0 Å². The third kappa shape index (κ3) is 5.41. The number of methoxy groups -OCH3 is 1. The molecule has 1 spiro atoms. The van der Waals surface area contributed by atoms with Gasteiger partial charge in [-0.25, -0.2) is 0 Å². The van der Waals surface area contributed by atoms with Crippen LogP contribution in [0.15, 0.2) is 78.9 Å². The van der Waals surface area contributed by atoms with Gasteiger partial charge in [-0.2, -0.15) is 0 Å². The zero-order valence-electron chi connectivity index (χ0n) is 21.0. The van der Waals surface area contributed by atoms with Gasteiger partial charge in [0, 0.05) is 24.9 Å². The van der Waals surface area contributed by atoms with Crippen molar-refractivity contribution >= 4 is 5.91 Å². The van der Waals surface area contributed by atoms with Crippen LogP contribution < -0.4 is 10.1 Å². The monoisotopic (exact) mass is 484 g/mol. The van der Waals surface area contributed by atoms with Gasteiger partial charge in [-0.1, -0.05) is 66.7 Å². The van der Waals surface area contributed by atoms with Crippen LogP contribution >= 0.6 is 0 Å². The lowest BCUT2D eigenvalue weighted by molar-refractivity contribution is -0.123. The normalized spacial score (nSPS) is 18.8. The lowest BCUT2D eigenvalue weighted by atomic mass is 9.88. The maximum Gasteiger partial charge on any atom is 0.223 e. The van der Waals surface area contributed by atoms with Gasteiger partial charge in [0.2, 0.25) is 5.91 Å². The molecule has 188 valence electrons. The summed E-state index contributed by atoms with van der Waals surface area (Å²) in [6.45, 7) is 3.52. The number of rotatable bonds is 9. The van der Waals surface area contributed by atoms with Crippen molar-refractivity contribution in [1.82, 2.24) is 10.2 Å². The van der Waals surface area contributed by atoms with Crippen LogP contribution in [-0.2, 0) is 11.3 Å². The third-order valence-electron chi connectivity index (χ3n) is 8.14. The molecule has 1 aliphatic heterocycles. The molecule has 2 aliphatic rings. The number of hydrogen-bond acceptors (Lipinski definition) is 4. The Labute approximate surface area is 214 Å². The first kappa shape index (κ1) is 24.4. The highest BCUT2D eigenvalue weighted by atomic mass is 16.5. The van der Waals surface area contributed by atoms with Crippen LogP contribution in [0.5, 0.6) is 11.5 Å². The highest BCUT2D eigenvalue weighted by Gasteiger charge is 2.58. The number of carbonyl (C=O) groups is 1. The minimum Gasteiger partial charge on any atom is -0.504 e. The summed E-state index contributed by atoms with van der Waals surface area (Å²) in [4.78, 5) is 15.5. The van der Waals surface area contributed by atoms with Crippen LogP contribution in [0.2, 0.25) is 0 Å². The summed E-state index contributed by atoms with van der Waals surface area (Å²) in [5, 5.41) is 13.1. The minimum atomic E-state index is 0.153. The number of aromatic hydroxyl groups is 1. The fourth-order valence-corrected chi connectivity index (χ4v) is 5.87. The summed E-state index contributed by atoms with van der Waals surface area (Å²) in [5.74, 6) is 1.35. The number of phenols is 1. The largest absolute Gasteiger partial charge is 0.504 e. The first-order valence-electron chi connectivity index (χ1n) is 13.0. The number of carbonyl (C=O) groups excluding carboxylic acids is 1. The topological polar surface area (TPSA) is 61.8 Å². The van der Waals surface area contributed by atoms with E-state index in [0.29, 0.717) is 12.3 Å². The van der Waals surface area contributed by atoms with Gasteiger partial charge in [0.25, 0.3) is 0 Å². The Morgan fingerprint density at radius 3 is 2.28 bits per heavy atom. The standard InChI is InChI=1S/C31H36N2O3/c1-36-29-20-23(12-13-28(29)34)22-33-18-15-31(16-19-33)21-27(31)30(35)32-17-14-26(24-8-4-2-5-9-24)25-10-6-3-7-11-25/h2-13,20,26-27,34H,14-19,21-22H2,1H3,(H,32,35)/t27-/m1/s1. The molecule has 0 aromatic heterocycles. The van der Waals surface area contributed by atoms with Crippen molar-refractivity contribution in [2.75, 3.05) is 26.7 Å². The average Bonchev–Trinajstić information content (AvgIpc) is 3.63. The summed E-state index contributed by atoms with van der Waals surface area (Å²) < 4.78 is 5.24. The van der Waals surface area contributed by atoms with E-state index in [4.69, 9.17) is 4.74 Å². The SMILES string of the molecule is COc1cc(CN2CCC3(CC2)C[C@@H]3C(=O)NCCC(c2ccccc2)c2ccccc2)ccc1O. The third-order valence-corrected chi connectivity index (χ3v) is 8.14. The number of amides is 1. The first-order valence-corrected chi connectivity index (χ1v) is 13.0. The van der Waals surface area contributed by atoms with Gasteiger partial charge in [0.15, 0.2) is 11.5 Å². The number of piperidine rings is 1. The van der Waals surface area contributed by atoms with E-state index in [-0.39, 0.29) is 28.9 Å². The predicted octanol–water partition coefficient (Wildman–Crippen LogP) is 5.34. The second kappa shape index (κ2) is 10.8. The molecule has 36 heavy (non-hydrogen) atoms. The summed E-state index contributed by atoms with van der Waals surface area (Å²) in [6, 6.07) is 26.7. The number of nitrogens with zero attached hydrogens (tertiary/aromatic N) is 1. The molecule has 0 bridgehead atoms. The number of hydrogen-bond donors (Lipinski definition) is 2. The minimum absolute atomic E-state index is 0.153. The fraction of sp³-hybridized carbons (Fsp3) is 0.387. The zero-order valence-corrected chi connectivity index (χ0v) is 21.0. The van der Waals surface area contributed by atoms with E-state index >= 15 is 0 Å². The number of phenolic OH excluding ortho intramolecular Hbond substituents is 1. The van der Waals surface area contributed by atoms with E-state index < -0.39 is 0 Å². The van der Waals surface area contributed by atoms with Crippen molar-refractivity contribution in [3.05, 3.63) is 95.6 Å². The Morgan fingerprint density at radius 1 is 1.03 bits per heavy atom. The van der Waals surface area contributed by atoms with Crippen LogP contribution in [0.25, 0.3) is 0 Å². The maximum absolute atomic E-state index is 13.0. The molecule has 2 N–H and O–H groups in total. The lowest BCUT2D eigenvalue weighted by Crippen LogP contribution is -2.37. The van der Waals surface area contributed by atoms with Crippen molar-refractivity contribution in [1.29, 1.82) is 0 Å². The number of benzene rings is 3. The van der Waals surface area contributed by atoms with Gasteiger partial charge < -0.3 is 15.2 Å². The summed E-state index contributed by atoms with van der Waals surface area (Å²) >= 11 is 0. The van der Waals surface area contributed by atoms with Crippen LogP contribution in [-0.4, -0.2) is 42.7 Å². The first-order chi connectivity index (χ1) is 17.6. The molecule has 1 saturated heterocycles. The Balaban J connectivity index is 1.11. The van der Waals surface area contributed by atoms with Crippen molar-refractivity contribution in [3.8, 4) is 11.5 Å². The lowest BCUT2D eigenvalue weighted by Gasteiger charge is -2.33. The van der Waals surface area contributed by atoms with E-state index in [9.17, 15) is 9.90 Å². The van der Waals surface area contributed by atoms with E-state index in [1.165, 1.54) is 11.1 Å². The molecule has 0 unspecified atom stereocenters. The zero-order chi connectivity index (χ0) is 25.0. The molecule has 1 heterocycles. The number of likely N-dealkylation sites (tertiary alicyclic amines) is 1. The van der Waals surface area contributed by atoms with E-state index in [2.05, 4.69) is 58.7 Å². The van der Waals surface area contributed by atoms with Crippen LogP contribution in [0, 0.1) is 11.3 Å². The molecule has 1 saturated carbocycles. The predicted molar refractivity (Wildman–Crippen MR) is 142 cm³/mol. The molecule has 3 aromatic rings. The molecule has 1 amide bonds. The van der Waals surface area contributed by atoms with Gasteiger partial charge in [0.1, 0.15) is 0 Å². The fourth-order valence-electron chi connectivity index (χ4n) is 5.87. The van der Waals surface area contributed by atoms with E-state index in [0.717, 1.165) is 50.9 Å². The van der Waals surface area contributed by atoms with E-state index in [1.807, 2.05) is 24.3 Å². The summed E-state index contributed by atoms with van der Waals surface area (Å²) in [5.41, 5.74) is 3.90. The number of ether oxygens (including phenoxy) is 1. The molecule has 5 nitrogen and oxygen atoms in total. The Morgan fingerprint density at radius 2 is 1.67 bits per heavy atom. The van der Waals surface area contributed by atoms with Crippen LogP contribution in [0.4, 0.5) is 0 Å². The molecule has 0 radical (unpaired) electrons. The van der Waals surface area contributed by atoms with Gasteiger partial charge in [-0.05, 0) is 73.0 Å². The molecule has 5 heteroatoms. The molecule has 1 atom stereocenters. The second-order valence-corrected chi connectivity index (χ2v) is 10.4. The van der Waals surface area contributed by atoms with Crippen LogP contribution in [0.3, 0.4) is 0 Å². The Kier molecular flexibility index (Phi) is 7.28. The van der Waals surface area contributed by atoms with Gasteiger partial charge in [-0.15, -0.1) is 0 Å². The number of nitrogens with one attached hydrogen (secondary N) is 1. The second-order valence-electron chi connectivity index (χ2n) is 10.4. The summed E-state index contributed by atoms with van der Waals surface area (Å²) in [6.07, 6.45) is 4.04. The van der Waals surface area contributed by atoms with Gasteiger partial charge >= 0.3 is 0 Å². The van der Waals surface area contributed by atoms with Gasteiger partial charge in [-0.3, -0.25) is 9.69 Å². The van der Waals surface area contributed by atoms with Crippen LogP contribution in [0.1, 0.15) is 48.3 Å². The van der Waals surface area contributed by atoms with Crippen molar-refractivity contribution in [2.24, 2.45) is 11.3 Å². The molecule has 3 aromatic carbocycles.